The highest BCUT2D eigenvalue weighted by Gasteiger charge is 2.19. The molecule has 0 aliphatic rings. The minimum atomic E-state index is -1.03. The average molecular weight is 434 g/mol. The number of amides is 1. The monoisotopic (exact) mass is 433 g/mol. The number of hydrogen-bond acceptors (Lipinski definition) is 5. The summed E-state index contributed by atoms with van der Waals surface area (Å²) in [5.41, 5.74) is 0.640. The summed E-state index contributed by atoms with van der Waals surface area (Å²) in [6.45, 7) is 1.45. The van der Waals surface area contributed by atoms with E-state index >= 15 is 0 Å². The van der Waals surface area contributed by atoms with Gasteiger partial charge in [0.25, 0.3) is 11.5 Å². The van der Waals surface area contributed by atoms with Crippen LogP contribution in [-0.2, 0) is 20.7 Å². The summed E-state index contributed by atoms with van der Waals surface area (Å²) in [4.78, 5) is 43.3. The van der Waals surface area contributed by atoms with Crippen LogP contribution in [0.3, 0.4) is 0 Å². The van der Waals surface area contributed by atoms with Gasteiger partial charge in [-0.1, -0.05) is 35.3 Å². The highest BCUT2D eigenvalue weighted by atomic mass is 35.5. The Labute approximate surface area is 176 Å². The number of H-pyrrole nitrogens is 1. The first-order valence-electron chi connectivity index (χ1n) is 8.77. The van der Waals surface area contributed by atoms with Gasteiger partial charge < -0.3 is 15.0 Å². The van der Waals surface area contributed by atoms with Crippen LogP contribution < -0.4 is 10.9 Å². The van der Waals surface area contributed by atoms with E-state index in [1.807, 2.05) is 0 Å². The Balaban J connectivity index is 1.56. The van der Waals surface area contributed by atoms with Crippen LogP contribution in [0.2, 0.25) is 10.0 Å². The van der Waals surface area contributed by atoms with Crippen LogP contribution >= 0.6 is 23.2 Å². The molecule has 1 amide bonds. The molecule has 0 saturated carbocycles. The lowest BCUT2D eigenvalue weighted by atomic mass is 10.2. The van der Waals surface area contributed by atoms with Gasteiger partial charge in [-0.2, -0.15) is 0 Å². The number of halogens is 2. The zero-order valence-corrected chi connectivity index (χ0v) is 16.9. The molecule has 0 aliphatic carbocycles. The van der Waals surface area contributed by atoms with Gasteiger partial charge >= 0.3 is 5.97 Å². The molecule has 0 radical (unpaired) electrons. The SMILES string of the molecule is CC(OC(=O)CCc1nc2ccccc2c(=O)[nH]1)C(=O)Nc1ccc(Cl)cc1Cl. The molecule has 0 spiro atoms. The molecule has 9 heteroatoms. The summed E-state index contributed by atoms with van der Waals surface area (Å²) in [6.07, 6.45) is -0.894. The number of nitrogens with one attached hydrogen (secondary N) is 2. The number of para-hydroxylation sites is 1. The first-order chi connectivity index (χ1) is 13.8. The van der Waals surface area contributed by atoms with Crippen molar-refractivity contribution in [1.82, 2.24) is 9.97 Å². The minimum absolute atomic E-state index is 0.0411. The number of aryl methyl sites for hydroxylation is 1. The number of ether oxygens (including phenoxy) is 1. The maximum absolute atomic E-state index is 12.2. The molecule has 7 nitrogen and oxygen atoms in total. The maximum Gasteiger partial charge on any atom is 0.307 e. The summed E-state index contributed by atoms with van der Waals surface area (Å²) in [5.74, 6) is -0.749. The van der Waals surface area contributed by atoms with Crippen LogP contribution in [0.4, 0.5) is 5.69 Å². The number of carbonyl (C=O) groups is 2. The molecule has 0 bridgehead atoms. The number of hydrogen-bond donors (Lipinski definition) is 2. The van der Waals surface area contributed by atoms with Crippen molar-refractivity contribution in [1.29, 1.82) is 0 Å². The Morgan fingerprint density at radius 1 is 1.21 bits per heavy atom. The summed E-state index contributed by atoms with van der Waals surface area (Å²) < 4.78 is 5.15. The third kappa shape index (κ3) is 5.34. The average Bonchev–Trinajstić information content (AvgIpc) is 2.68. The Bertz CT molecular complexity index is 1130. The minimum Gasteiger partial charge on any atom is -0.453 e. The quantitative estimate of drug-likeness (QED) is 0.576. The van der Waals surface area contributed by atoms with Gasteiger partial charge in [-0.05, 0) is 37.3 Å². The van der Waals surface area contributed by atoms with Gasteiger partial charge in [-0.3, -0.25) is 14.4 Å². The largest absolute Gasteiger partial charge is 0.453 e. The van der Waals surface area contributed by atoms with Crippen LogP contribution in [0.25, 0.3) is 10.9 Å². The lowest BCUT2D eigenvalue weighted by molar-refractivity contribution is -0.153. The molecule has 0 saturated heterocycles. The Morgan fingerprint density at radius 2 is 1.97 bits per heavy atom. The van der Waals surface area contributed by atoms with Crippen molar-refractivity contribution in [2.45, 2.75) is 25.9 Å². The second-order valence-electron chi connectivity index (χ2n) is 6.28. The maximum atomic E-state index is 12.2. The molecule has 1 atom stereocenters. The van der Waals surface area contributed by atoms with Crippen LogP contribution in [-0.4, -0.2) is 27.9 Å². The molecule has 3 aromatic rings. The molecule has 29 heavy (non-hydrogen) atoms. The Hall–Kier alpha value is -2.90. The molecule has 1 heterocycles. The van der Waals surface area contributed by atoms with Crippen molar-refractivity contribution < 1.29 is 14.3 Å². The molecule has 1 unspecified atom stereocenters. The van der Waals surface area contributed by atoms with Gasteiger partial charge in [0.15, 0.2) is 6.10 Å². The van der Waals surface area contributed by atoms with E-state index in [0.29, 0.717) is 27.4 Å². The summed E-state index contributed by atoms with van der Waals surface area (Å²) >= 11 is 11.8. The summed E-state index contributed by atoms with van der Waals surface area (Å²) in [6, 6.07) is 11.6. The third-order valence-electron chi connectivity index (χ3n) is 4.09. The molecule has 1 aromatic heterocycles. The van der Waals surface area contributed by atoms with Gasteiger partial charge in [-0.15, -0.1) is 0 Å². The van der Waals surface area contributed by atoms with Crippen molar-refractivity contribution in [3.8, 4) is 0 Å². The first kappa shape index (κ1) is 20.8. The molecule has 150 valence electrons. The van der Waals surface area contributed by atoms with Crippen molar-refractivity contribution in [2.75, 3.05) is 5.32 Å². The lowest BCUT2D eigenvalue weighted by Gasteiger charge is -2.14. The number of rotatable bonds is 6. The molecular weight excluding hydrogens is 417 g/mol. The molecule has 0 fully saturated rings. The fourth-order valence-corrected chi connectivity index (χ4v) is 3.06. The Kier molecular flexibility index (Phi) is 6.51. The van der Waals surface area contributed by atoms with Crippen LogP contribution in [0.1, 0.15) is 19.2 Å². The highest BCUT2D eigenvalue weighted by Crippen LogP contribution is 2.25. The molecule has 2 aromatic carbocycles. The van der Waals surface area contributed by atoms with Gasteiger partial charge in [0.1, 0.15) is 5.82 Å². The zero-order chi connectivity index (χ0) is 21.0. The van der Waals surface area contributed by atoms with Crippen LogP contribution in [0.5, 0.6) is 0 Å². The normalized spacial score (nSPS) is 11.8. The predicted molar refractivity (Wildman–Crippen MR) is 111 cm³/mol. The fraction of sp³-hybridized carbons (Fsp3) is 0.200. The molecule has 0 aliphatic heterocycles. The van der Waals surface area contributed by atoms with E-state index in [9.17, 15) is 14.4 Å². The number of anilines is 1. The number of esters is 1. The lowest BCUT2D eigenvalue weighted by Crippen LogP contribution is -2.30. The van der Waals surface area contributed by atoms with E-state index < -0.39 is 18.0 Å². The second-order valence-corrected chi connectivity index (χ2v) is 7.12. The van der Waals surface area contributed by atoms with E-state index in [1.54, 1.807) is 36.4 Å². The highest BCUT2D eigenvalue weighted by molar-refractivity contribution is 6.36. The van der Waals surface area contributed by atoms with Gasteiger partial charge in [0.2, 0.25) is 0 Å². The van der Waals surface area contributed by atoms with Crippen molar-refractivity contribution in [3.63, 3.8) is 0 Å². The van der Waals surface area contributed by atoms with Gasteiger partial charge in [0.05, 0.1) is 28.0 Å². The van der Waals surface area contributed by atoms with Crippen LogP contribution in [0.15, 0.2) is 47.3 Å². The fourth-order valence-electron chi connectivity index (χ4n) is 2.61. The number of nitrogens with zero attached hydrogens (tertiary/aromatic N) is 1. The van der Waals surface area contributed by atoms with Gasteiger partial charge in [0, 0.05) is 11.4 Å². The van der Waals surface area contributed by atoms with Crippen molar-refractivity contribution in [3.05, 3.63) is 68.7 Å². The molecular formula is C20H17Cl2N3O4. The molecule has 2 N–H and O–H groups in total. The smallest absolute Gasteiger partial charge is 0.307 e. The number of carbonyl (C=O) groups excluding carboxylic acids is 2. The standard InChI is InChI=1S/C20H17Cl2N3O4/c1-11(19(27)24-16-7-6-12(21)10-14(16)22)29-18(26)9-8-17-23-15-5-3-2-4-13(15)20(28)25-17/h2-7,10-11H,8-9H2,1H3,(H,24,27)(H,23,25,28). The van der Waals surface area contributed by atoms with Crippen molar-refractivity contribution >= 4 is 51.7 Å². The predicted octanol–water partition coefficient (Wildman–Crippen LogP) is 3.73. The van der Waals surface area contributed by atoms with E-state index in [4.69, 9.17) is 27.9 Å². The summed E-state index contributed by atoms with van der Waals surface area (Å²) in [5, 5.41) is 3.77. The van der Waals surface area contributed by atoms with E-state index in [0.717, 1.165) is 0 Å². The molecule has 3 rings (SSSR count). The zero-order valence-electron chi connectivity index (χ0n) is 15.4. The van der Waals surface area contributed by atoms with E-state index in [-0.39, 0.29) is 23.4 Å². The topological polar surface area (TPSA) is 101 Å². The third-order valence-corrected chi connectivity index (χ3v) is 4.64. The summed E-state index contributed by atoms with van der Waals surface area (Å²) in [7, 11) is 0. The van der Waals surface area contributed by atoms with Crippen LogP contribution in [0, 0.1) is 0 Å². The number of aromatic amines is 1. The van der Waals surface area contributed by atoms with Gasteiger partial charge in [-0.25, -0.2) is 4.98 Å². The first-order valence-corrected chi connectivity index (χ1v) is 9.52. The number of aromatic nitrogens is 2. The van der Waals surface area contributed by atoms with E-state index in [1.165, 1.54) is 13.0 Å². The second kappa shape index (κ2) is 9.07. The van der Waals surface area contributed by atoms with E-state index in [2.05, 4.69) is 15.3 Å². The number of fused-ring (bicyclic) bond motifs is 1. The number of benzene rings is 2. The Morgan fingerprint density at radius 3 is 2.72 bits per heavy atom. The van der Waals surface area contributed by atoms with Crippen molar-refractivity contribution in [2.24, 2.45) is 0 Å².